The Morgan fingerprint density at radius 3 is 1.44 bits per heavy atom. The Balaban J connectivity index is 4.23. The fourth-order valence-corrected chi connectivity index (χ4v) is 2.74. The van der Waals surface area contributed by atoms with Crippen LogP contribution in [-0.2, 0) is 9.47 Å². The van der Waals surface area contributed by atoms with Gasteiger partial charge in [-0.2, -0.15) is 0 Å². The van der Waals surface area contributed by atoms with Gasteiger partial charge >= 0.3 is 0 Å². The third kappa shape index (κ3) is 8.31. The Bertz CT molecular complexity index is 167. The van der Waals surface area contributed by atoms with Crippen LogP contribution in [0.3, 0.4) is 0 Å². The standard InChI is InChI=1S/C13H30O2Si/c1-10(2)7-13(16,14-8-11(3)4)15-9-12(5)6/h10-12H,7-9H2,1-6,16H3. The molecular formula is C13H30O2Si. The fourth-order valence-electron chi connectivity index (χ4n) is 1.59. The zero-order valence-electron chi connectivity index (χ0n) is 12.2. The molecule has 0 atom stereocenters. The third-order valence-electron chi connectivity index (χ3n) is 2.22. The molecule has 0 fully saturated rings. The summed E-state index contributed by atoms with van der Waals surface area (Å²) < 4.78 is 12.0. The van der Waals surface area contributed by atoms with Crippen LogP contribution in [-0.4, -0.2) is 28.9 Å². The van der Waals surface area contributed by atoms with Gasteiger partial charge in [-0.15, -0.1) is 0 Å². The van der Waals surface area contributed by atoms with E-state index in [0.717, 1.165) is 29.9 Å². The van der Waals surface area contributed by atoms with Crippen molar-refractivity contribution in [3.05, 3.63) is 0 Å². The second-order valence-electron chi connectivity index (χ2n) is 6.14. The molecule has 0 unspecified atom stereocenters. The van der Waals surface area contributed by atoms with Crippen LogP contribution in [0.4, 0.5) is 0 Å². The van der Waals surface area contributed by atoms with Crippen LogP contribution in [0, 0.1) is 17.8 Å². The second kappa shape index (κ2) is 7.46. The van der Waals surface area contributed by atoms with Gasteiger partial charge in [0, 0.05) is 0 Å². The van der Waals surface area contributed by atoms with Crippen molar-refractivity contribution in [2.75, 3.05) is 13.2 Å². The zero-order valence-corrected chi connectivity index (χ0v) is 14.2. The molecule has 3 heteroatoms. The molecule has 0 rings (SSSR count). The Hall–Kier alpha value is 0.137. The summed E-state index contributed by atoms with van der Waals surface area (Å²) in [5.74, 6) is 1.77. The van der Waals surface area contributed by atoms with Crippen LogP contribution < -0.4 is 0 Å². The second-order valence-corrected chi connectivity index (χ2v) is 7.67. The Labute approximate surface area is 105 Å². The van der Waals surface area contributed by atoms with E-state index in [9.17, 15) is 0 Å². The maximum Gasteiger partial charge on any atom is 0.141 e. The van der Waals surface area contributed by atoms with Gasteiger partial charge in [0.2, 0.25) is 0 Å². The number of hydrogen-bond donors (Lipinski definition) is 0. The molecule has 0 saturated heterocycles. The topological polar surface area (TPSA) is 18.5 Å². The van der Waals surface area contributed by atoms with Gasteiger partial charge in [-0.3, -0.25) is 0 Å². The first-order valence-corrected chi connectivity index (χ1v) is 7.53. The van der Waals surface area contributed by atoms with Crippen molar-refractivity contribution in [3.63, 3.8) is 0 Å². The monoisotopic (exact) mass is 246 g/mol. The van der Waals surface area contributed by atoms with E-state index in [-0.39, 0.29) is 5.41 Å². The number of rotatable bonds is 8. The highest BCUT2D eigenvalue weighted by Gasteiger charge is 2.27. The van der Waals surface area contributed by atoms with Crippen molar-refractivity contribution in [2.24, 2.45) is 17.8 Å². The lowest BCUT2D eigenvalue weighted by molar-refractivity contribution is -0.196. The van der Waals surface area contributed by atoms with Crippen LogP contribution in [0.1, 0.15) is 48.0 Å². The molecule has 16 heavy (non-hydrogen) atoms. The molecule has 0 aliphatic heterocycles. The summed E-state index contributed by atoms with van der Waals surface area (Å²) in [4.78, 5) is 0. The summed E-state index contributed by atoms with van der Waals surface area (Å²) in [6, 6.07) is 0. The smallest absolute Gasteiger partial charge is 0.141 e. The van der Waals surface area contributed by atoms with Crippen molar-refractivity contribution >= 4 is 10.2 Å². The van der Waals surface area contributed by atoms with Gasteiger partial charge in [0.1, 0.15) is 5.41 Å². The molecule has 0 radical (unpaired) electrons. The first kappa shape index (κ1) is 16.1. The number of hydrogen-bond acceptors (Lipinski definition) is 2. The van der Waals surface area contributed by atoms with E-state index in [1.807, 2.05) is 0 Å². The lowest BCUT2D eigenvalue weighted by Crippen LogP contribution is -2.40. The van der Waals surface area contributed by atoms with Gasteiger partial charge in [0.05, 0.1) is 23.5 Å². The van der Waals surface area contributed by atoms with Gasteiger partial charge < -0.3 is 9.47 Å². The van der Waals surface area contributed by atoms with E-state index in [2.05, 4.69) is 41.5 Å². The summed E-state index contributed by atoms with van der Waals surface area (Å²) in [7, 11) is 0.933. The van der Waals surface area contributed by atoms with Crippen LogP contribution >= 0.6 is 0 Å². The Kier molecular flexibility index (Phi) is 7.52. The van der Waals surface area contributed by atoms with E-state index in [1.54, 1.807) is 0 Å². The van der Waals surface area contributed by atoms with Crippen molar-refractivity contribution in [1.82, 2.24) is 0 Å². The summed E-state index contributed by atoms with van der Waals surface area (Å²) in [6.45, 7) is 14.8. The van der Waals surface area contributed by atoms with E-state index < -0.39 is 0 Å². The third-order valence-corrected chi connectivity index (χ3v) is 3.21. The first-order chi connectivity index (χ1) is 7.25. The molecule has 0 saturated carbocycles. The Morgan fingerprint density at radius 1 is 0.812 bits per heavy atom. The average molecular weight is 246 g/mol. The average Bonchev–Trinajstić information content (AvgIpc) is 2.11. The van der Waals surface area contributed by atoms with Crippen LogP contribution in [0.15, 0.2) is 0 Å². The summed E-state index contributed by atoms with van der Waals surface area (Å²) >= 11 is 0. The molecule has 0 aliphatic carbocycles. The molecule has 2 nitrogen and oxygen atoms in total. The molecule has 98 valence electrons. The highest BCUT2D eigenvalue weighted by Crippen LogP contribution is 2.21. The molecule has 0 aromatic carbocycles. The van der Waals surface area contributed by atoms with Gasteiger partial charge in [-0.05, 0) is 24.2 Å². The van der Waals surface area contributed by atoms with E-state index in [1.165, 1.54) is 0 Å². The van der Waals surface area contributed by atoms with E-state index >= 15 is 0 Å². The van der Waals surface area contributed by atoms with Gasteiger partial charge in [0.15, 0.2) is 0 Å². The molecule has 0 aromatic rings. The minimum atomic E-state index is -0.275. The van der Waals surface area contributed by atoms with Crippen molar-refractivity contribution in [2.45, 2.75) is 53.4 Å². The Morgan fingerprint density at radius 2 is 1.19 bits per heavy atom. The SMILES string of the molecule is CC(C)COC([SiH3])(CC(C)C)OCC(C)C. The summed E-state index contributed by atoms with van der Waals surface area (Å²) in [5, 5.41) is 0. The highest BCUT2D eigenvalue weighted by atomic mass is 28.1. The fraction of sp³-hybridized carbons (Fsp3) is 1.00. The predicted octanol–water partition coefficient (Wildman–Crippen LogP) is 2.40. The van der Waals surface area contributed by atoms with Gasteiger partial charge in [0.25, 0.3) is 0 Å². The zero-order chi connectivity index (χ0) is 12.8. The minimum Gasteiger partial charge on any atom is -0.355 e. The molecular weight excluding hydrogens is 216 g/mol. The van der Waals surface area contributed by atoms with Gasteiger partial charge in [-0.1, -0.05) is 41.5 Å². The van der Waals surface area contributed by atoms with Crippen LogP contribution in [0.25, 0.3) is 0 Å². The lowest BCUT2D eigenvalue weighted by atomic mass is 10.1. The quantitative estimate of drug-likeness (QED) is 0.484. The molecule has 0 bridgehead atoms. The maximum absolute atomic E-state index is 5.99. The van der Waals surface area contributed by atoms with Crippen molar-refractivity contribution in [1.29, 1.82) is 0 Å². The van der Waals surface area contributed by atoms with E-state index in [0.29, 0.717) is 17.8 Å². The van der Waals surface area contributed by atoms with E-state index in [4.69, 9.17) is 9.47 Å². The summed E-state index contributed by atoms with van der Waals surface area (Å²) in [6.07, 6.45) is 1.01. The summed E-state index contributed by atoms with van der Waals surface area (Å²) in [5.41, 5.74) is -0.275. The van der Waals surface area contributed by atoms with Gasteiger partial charge in [-0.25, -0.2) is 0 Å². The molecule has 0 aliphatic rings. The maximum atomic E-state index is 5.99. The molecule has 0 amide bonds. The van der Waals surface area contributed by atoms with Crippen LogP contribution in [0.5, 0.6) is 0 Å². The molecule has 0 N–H and O–H groups in total. The van der Waals surface area contributed by atoms with Crippen LogP contribution in [0.2, 0.25) is 0 Å². The largest absolute Gasteiger partial charge is 0.355 e. The first-order valence-electron chi connectivity index (χ1n) is 6.53. The van der Waals surface area contributed by atoms with Crippen molar-refractivity contribution in [3.8, 4) is 0 Å². The molecule has 0 spiro atoms. The minimum absolute atomic E-state index is 0.275. The molecule has 0 aromatic heterocycles. The molecule has 0 heterocycles. The normalized spacial score (nSPS) is 13.3. The predicted molar refractivity (Wildman–Crippen MR) is 73.7 cm³/mol. The lowest BCUT2D eigenvalue weighted by Gasteiger charge is -2.33. The van der Waals surface area contributed by atoms with Crippen molar-refractivity contribution < 1.29 is 9.47 Å². The highest BCUT2D eigenvalue weighted by molar-refractivity contribution is 6.13. The number of ether oxygens (including phenoxy) is 2.